The second-order valence-electron chi connectivity index (χ2n) is 6.63. The number of rotatable bonds is 7. The summed E-state index contributed by atoms with van der Waals surface area (Å²) in [7, 11) is 0. The van der Waals surface area contributed by atoms with Gasteiger partial charge in [0, 0.05) is 43.6 Å². The Morgan fingerprint density at radius 2 is 2.00 bits per heavy atom. The third-order valence-corrected chi connectivity index (χ3v) is 3.99. The predicted octanol–water partition coefficient (Wildman–Crippen LogP) is 3.85. The molecule has 20 heavy (non-hydrogen) atoms. The molecule has 1 aromatic rings. The van der Waals surface area contributed by atoms with Crippen molar-refractivity contribution >= 4 is 5.78 Å². The predicted molar refractivity (Wildman–Crippen MR) is 81.2 cm³/mol. The number of hydrogen-bond donors (Lipinski definition) is 0. The quantitative estimate of drug-likeness (QED) is 0.709. The average molecular weight is 277 g/mol. The van der Waals surface area contributed by atoms with Gasteiger partial charge >= 0.3 is 0 Å². The first-order chi connectivity index (χ1) is 9.53. The summed E-state index contributed by atoms with van der Waals surface area (Å²) in [6.07, 6.45) is 7.07. The maximum Gasteiger partial charge on any atom is 0.165 e. The van der Waals surface area contributed by atoms with Crippen LogP contribution in [0.2, 0.25) is 0 Å². The van der Waals surface area contributed by atoms with Gasteiger partial charge in [-0.3, -0.25) is 4.79 Å². The monoisotopic (exact) mass is 277 g/mol. The topological polar surface area (TPSA) is 31.2 Å². The summed E-state index contributed by atoms with van der Waals surface area (Å²) in [5.74, 6) is 0.300. The first-order valence-corrected chi connectivity index (χ1v) is 7.82. The largest absolute Gasteiger partial charge is 0.381 e. The Morgan fingerprint density at radius 3 is 2.75 bits per heavy atom. The molecule has 1 heterocycles. The molecule has 0 aliphatic heterocycles. The Kier molecular flexibility index (Phi) is 5.03. The number of ether oxygens (including phenoxy) is 1. The van der Waals surface area contributed by atoms with Gasteiger partial charge in [0.2, 0.25) is 0 Å². The molecule has 1 aromatic heterocycles. The molecule has 0 spiro atoms. The molecule has 1 aliphatic carbocycles. The Balaban J connectivity index is 1.89. The van der Waals surface area contributed by atoms with Gasteiger partial charge in [-0.05, 0) is 30.7 Å². The molecule has 1 aliphatic rings. The van der Waals surface area contributed by atoms with Crippen LogP contribution in [0.3, 0.4) is 0 Å². The number of aromatic nitrogens is 1. The van der Waals surface area contributed by atoms with E-state index in [4.69, 9.17) is 4.74 Å². The summed E-state index contributed by atoms with van der Waals surface area (Å²) in [4.78, 5) is 12.1. The van der Waals surface area contributed by atoms with Gasteiger partial charge in [-0.2, -0.15) is 0 Å². The molecule has 0 saturated carbocycles. The molecule has 0 radical (unpaired) electrons. The molecule has 2 rings (SSSR count). The maximum absolute atomic E-state index is 12.1. The zero-order valence-electron chi connectivity index (χ0n) is 13.1. The van der Waals surface area contributed by atoms with Gasteiger partial charge in [-0.1, -0.05) is 27.2 Å². The summed E-state index contributed by atoms with van der Waals surface area (Å²) >= 11 is 0. The summed E-state index contributed by atoms with van der Waals surface area (Å²) in [6, 6.07) is 1.99. The molecule has 0 saturated heterocycles. The van der Waals surface area contributed by atoms with Crippen molar-refractivity contribution in [3.63, 3.8) is 0 Å². The standard InChI is InChI=1S/C17H27NO2/c1-4-5-10-20-11-6-8-18-9-7-14-15(18)12-17(2,3)13-16(14)19/h7,9H,4-6,8,10-13H2,1-3H3. The molecule has 0 amide bonds. The van der Waals surface area contributed by atoms with E-state index in [0.717, 1.165) is 44.6 Å². The number of Topliss-reactive ketones (excluding diaryl/α,β-unsaturated/α-hetero) is 1. The lowest BCUT2D eigenvalue weighted by Gasteiger charge is -2.29. The zero-order valence-corrected chi connectivity index (χ0v) is 13.1. The molecule has 0 fully saturated rings. The van der Waals surface area contributed by atoms with Crippen molar-refractivity contribution < 1.29 is 9.53 Å². The number of nitrogens with zero attached hydrogens (tertiary/aromatic N) is 1. The van der Waals surface area contributed by atoms with Crippen LogP contribution >= 0.6 is 0 Å². The molecule has 0 unspecified atom stereocenters. The van der Waals surface area contributed by atoms with Crippen LogP contribution in [0, 0.1) is 5.41 Å². The van der Waals surface area contributed by atoms with E-state index in [-0.39, 0.29) is 5.41 Å². The van der Waals surface area contributed by atoms with E-state index in [2.05, 4.69) is 31.5 Å². The van der Waals surface area contributed by atoms with E-state index in [9.17, 15) is 4.79 Å². The van der Waals surface area contributed by atoms with Crippen molar-refractivity contribution in [2.75, 3.05) is 13.2 Å². The molecule has 0 N–H and O–H groups in total. The van der Waals surface area contributed by atoms with Crippen molar-refractivity contribution in [1.82, 2.24) is 4.57 Å². The molecule has 0 aromatic carbocycles. The van der Waals surface area contributed by atoms with Crippen LogP contribution in [0.5, 0.6) is 0 Å². The van der Waals surface area contributed by atoms with Crippen LogP contribution in [-0.2, 0) is 17.7 Å². The molecule has 3 heteroatoms. The lowest BCUT2D eigenvalue weighted by Crippen LogP contribution is -2.28. The molecule has 0 bridgehead atoms. The van der Waals surface area contributed by atoms with Gasteiger partial charge in [0.15, 0.2) is 5.78 Å². The number of ketones is 1. The summed E-state index contributed by atoms with van der Waals surface area (Å²) in [5.41, 5.74) is 2.26. The highest BCUT2D eigenvalue weighted by Crippen LogP contribution is 2.35. The summed E-state index contributed by atoms with van der Waals surface area (Å²) in [6.45, 7) is 9.16. The van der Waals surface area contributed by atoms with Crippen LogP contribution in [0.4, 0.5) is 0 Å². The van der Waals surface area contributed by atoms with Crippen LogP contribution in [0.1, 0.15) is 62.5 Å². The molecule has 3 nitrogen and oxygen atoms in total. The molecular weight excluding hydrogens is 250 g/mol. The third kappa shape index (κ3) is 3.72. The number of hydrogen-bond acceptors (Lipinski definition) is 2. The lowest BCUT2D eigenvalue weighted by molar-refractivity contribution is 0.0909. The first-order valence-electron chi connectivity index (χ1n) is 7.82. The van der Waals surface area contributed by atoms with Gasteiger partial charge in [0.1, 0.15) is 0 Å². The van der Waals surface area contributed by atoms with Gasteiger partial charge in [-0.25, -0.2) is 0 Å². The Hall–Kier alpha value is -1.09. The first kappa shape index (κ1) is 15.3. The third-order valence-electron chi connectivity index (χ3n) is 3.99. The Bertz CT molecular complexity index is 460. The minimum atomic E-state index is 0.0951. The van der Waals surface area contributed by atoms with Crippen molar-refractivity contribution in [2.24, 2.45) is 5.41 Å². The minimum absolute atomic E-state index is 0.0951. The van der Waals surface area contributed by atoms with Crippen molar-refractivity contribution in [3.8, 4) is 0 Å². The van der Waals surface area contributed by atoms with Crippen molar-refractivity contribution in [3.05, 3.63) is 23.5 Å². The highest BCUT2D eigenvalue weighted by atomic mass is 16.5. The smallest absolute Gasteiger partial charge is 0.165 e. The molecule has 112 valence electrons. The van der Waals surface area contributed by atoms with Gasteiger partial charge in [0.05, 0.1) is 0 Å². The van der Waals surface area contributed by atoms with E-state index in [1.165, 1.54) is 12.1 Å². The minimum Gasteiger partial charge on any atom is -0.381 e. The second kappa shape index (κ2) is 6.57. The molecule has 0 atom stereocenters. The van der Waals surface area contributed by atoms with E-state index in [1.54, 1.807) is 0 Å². The highest BCUT2D eigenvalue weighted by molar-refractivity contribution is 5.98. The van der Waals surface area contributed by atoms with E-state index < -0.39 is 0 Å². The Labute approximate surface area is 122 Å². The fourth-order valence-corrected chi connectivity index (χ4v) is 2.90. The number of carbonyl (C=O) groups excluding carboxylic acids is 1. The fraction of sp³-hybridized carbons (Fsp3) is 0.706. The van der Waals surface area contributed by atoms with Crippen molar-refractivity contribution in [2.45, 2.75) is 59.4 Å². The fourth-order valence-electron chi connectivity index (χ4n) is 2.90. The van der Waals surface area contributed by atoms with Gasteiger partial charge in [-0.15, -0.1) is 0 Å². The number of carbonyl (C=O) groups is 1. The van der Waals surface area contributed by atoms with E-state index in [1.807, 2.05) is 6.07 Å². The number of aryl methyl sites for hydroxylation is 1. The summed E-state index contributed by atoms with van der Waals surface area (Å²) < 4.78 is 7.85. The second-order valence-corrected chi connectivity index (χ2v) is 6.63. The average Bonchev–Trinajstić information content (AvgIpc) is 2.75. The lowest BCUT2D eigenvalue weighted by atomic mass is 9.76. The number of unbranched alkanes of at least 4 members (excludes halogenated alkanes) is 1. The zero-order chi connectivity index (χ0) is 14.6. The maximum atomic E-state index is 12.1. The van der Waals surface area contributed by atoms with Crippen LogP contribution in [0.25, 0.3) is 0 Å². The van der Waals surface area contributed by atoms with Crippen molar-refractivity contribution in [1.29, 1.82) is 0 Å². The number of fused-ring (bicyclic) bond motifs is 1. The van der Waals surface area contributed by atoms with Gasteiger partial charge < -0.3 is 9.30 Å². The Morgan fingerprint density at radius 1 is 1.25 bits per heavy atom. The summed E-state index contributed by atoms with van der Waals surface area (Å²) in [5, 5.41) is 0. The van der Waals surface area contributed by atoms with Crippen LogP contribution < -0.4 is 0 Å². The van der Waals surface area contributed by atoms with Crippen LogP contribution in [0.15, 0.2) is 12.3 Å². The van der Waals surface area contributed by atoms with E-state index >= 15 is 0 Å². The normalized spacial score (nSPS) is 17.2. The van der Waals surface area contributed by atoms with E-state index in [0.29, 0.717) is 12.2 Å². The highest BCUT2D eigenvalue weighted by Gasteiger charge is 2.32. The van der Waals surface area contributed by atoms with Gasteiger partial charge in [0.25, 0.3) is 0 Å². The van der Waals surface area contributed by atoms with Crippen LogP contribution in [-0.4, -0.2) is 23.6 Å². The molecular formula is C17H27NO2. The SMILES string of the molecule is CCCCOCCCn1ccc2c1CC(C)(C)CC2=O.